The summed E-state index contributed by atoms with van der Waals surface area (Å²) in [6, 6.07) is -1.42. The number of rotatable bonds is 16. The first-order valence-electron chi connectivity index (χ1n) is 14.6. The smallest absolute Gasteiger partial charge is 0.267 e. The molecule has 0 radical (unpaired) electrons. The van der Waals surface area contributed by atoms with E-state index in [-0.39, 0.29) is 62.2 Å². The van der Waals surface area contributed by atoms with Crippen LogP contribution in [0.3, 0.4) is 0 Å². The molecule has 1 fully saturated rings. The highest BCUT2D eigenvalue weighted by Crippen LogP contribution is 2.12. The third-order valence-electron chi connectivity index (χ3n) is 7.19. The molecule has 0 bridgehead atoms. The van der Waals surface area contributed by atoms with Crippen LogP contribution in [0.2, 0.25) is 0 Å². The molecule has 1 aliphatic heterocycles. The van der Waals surface area contributed by atoms with Crippen LogP contribution in [0.1, 0.15) is 47.5 Å². The molecule has 0 spiro atoms. The fourth-order valence-electron chi connectivity index (χ4n) is 4.93. The summed E-state index contributed by atoms with van der Waals surface area (Å²) >= 11 is 0. The number of amides is 1. The van der Waals surface area contributed by atoms with Crippen molar-refractivity contribution in [3.63, 3.8) is 0 Å². The molecule has 1 saturated heterocycles. The van der Waals surface area contributed by atoms with E-state index >= 15 is 0 Å². The average molecular weight is 632 g/mol. The van der Waals surface area contributed by atoms with E-state index in [4.69, 9.17) is 4.55 Å². The molecule has 1 amide bonds. The molecule has 246 valence electrons. The maximum Gasteiger partial charge on any atom is 0.267 e. The number of nitrogens with zero attached hydrogens (tertiary/aromatic N) is 4. The Hall–Kier alpha value is -2.43. The minimum atomic E-state index is -4.52. The van der Waals surface area contributed by atoms with Crippen molar-refractivity contribution in [2.75, 3.05) is 84.3 Å². The van der Waals surface area contributed by atoms with E-state index in [0.29, 0.717) is 52.4 Å². The van der Waals surface area contributed by atoms with Crippen LogP contribution in [-0.2, 0) is 38.9 Å². The van der Waals surface area contributed by atoms with Gasteiger partial charge in [-0.3, -0.25) is 52.9 Å². The molecule has 0 aromatic carbocycles. The Morgan fingerprint density at radius 2 is 1.02 bits per heavy atom. The molecular formula is C28H49N5O9S. The highest BCUT2D eigenvalue weighted by molar-refractivity contribution is 7.85. The molecule has 0 aromatic rings. The summed E-state index contributed by atoms with van der Waals surface area (Å²) in [6.45, 7) is 12.2. The number of carbonyl (C=O) groups excluding carboxylic acids is 6. The van der Waals surface area contributed by atoms with Gasteiger partial charge in [-0.2, -0.15) is 8.42 Å². The van der Waals surface area contributed by atoms with Crippen molar-refractivity contribution in [2.24, 2.45) is 5.92 Å². The van der Waals surface area contributed by atoms with Gasteiger partial charge in [0.05, 0.1) is 26.2 Å². The predicted molar refractivity (Wildman–Crippen MR) is 160 cm³/mol. The van der Waals surface area contributed by atoms with Gasteiger partial charge in [0, 0.05) is 64.7 Å². The Morgan fingerprint density at radius 1 is 0.674 bits per heavy atom. The van der Waals surface area contributed by atoms with E-state index in [1.807, 2.05) is 19.6 Å². The predicted octanol–water partition coefficient (Wildman–Crippen LogP) is -1.08. The lowest BCUT2D eigenvalue weighted by Gasteiger charge is -2.33. The second-order valence-corrected chi connectivity index (χ2v) is 13.0. The quantitative estimate of drug-likeness (QED) is 0.197. The van der Waals surface area contributed by atoms with Crippen LogP contribution in [0, 0.1) is 5.92 Å². The topological polar surface area (TPSA) is 182 Å². The SMILES string of the molecule is CC[C@H](CC(=O)CN1CCN(CC(C)=O)CCN(CC(C)=O)CCN(CC(C)=O)CC1)C(=O)N[C@@H](CS(=O)(=O)O)C(C)=O. The molecular weight excluding hydrogens is 582 g/mol. The fourth-order valence-corrected chi connectivity index (χ4v) is 5.67. The van der Waals surface area contributed by atoms with Crippen molar-refractivity contribution >= 4 is 44.9 Å². The first-order valence-corrected chi connectivity index (χ1v) is 16.2. The largest absolute Gasteiger partial charge is 0.345 e. The van der Waals surface area contributed by atoms with Gasteiger partial charge in [-0.25, -0.2) is 0 Å². The van der Waals surface area contributed by atoms with Gasteiger partial charge in [-0.05, 0) is 34.1 Å². The van der Waals surface area contributed by atoms with Crippen molar-refractivity contribution in [3.8, 4) is 0 Å². The van der Waals surface area contributed by atoms with Gasteiger partial charge in [-0.1, -0.05) is 6.92 Å². The summed E-state index contributed by atoms with van der Waals surface area (Å²) in [6.07, 6.45) is 0.132. The number of carbonyl (C=O) groups is 6. The highest BCUT2D eigenvalue weighted by Gasteiger charge is 2.28. The lowest BCUT2D eigenvalue weighted by atomic mass is 9.97. The summed E-state index contributed by atoms with van der Waals surface area (Å²) in [5.74, 6) is -3.25. The zero-order chi connectivity index (χ0) is 32.7. The maximum absolute atomic E-state index is 13.2. The van der Waals surface area contributed by atoms with Crippen molar-refractivity contribution in [1.29, 1.82) is 0 Å². The summed E-state index contributed by atoms with van der Waals surface area (Å²) < 4.78 is 31.6. The van der Waals surface area contributed by atoms with Crippen molar-refractivity contribution in [2.45, 2.75) is 53.5 Å². The van der Waals surface area contributed by atoms with Gasteiger partial charge >= 0.3 is 0 Å². The molecule has 1 aliphatic rings. The first kappa shape index (κ1) is 38.6. The average Bonchev–Trinajstić information content (AvgIpc) is 2.86. The second kappa shape index (κ2) is 19.1. The Morgan fingerprint density at radius 3 is 1.30 bits per heavy atom. The van der Waals surface area contributed by atoms with Crippen molar-refractivity contribution in [1.82, 2.24) is 24.9 Å². The van der Waals surface area contributed by atoms with E-state index in [1.165, 1.54) is 20.8 Å². The maximum atomic E-state index is 13.2. The van der Waals surface area contributed by atoms with Crippen LogP contribution in [0.5, 0.6) is 0 Å². The minimum absolute atomic E-state index is 0.00450. The molecule has 15 heteroatoms. The number of nitrogens with one attached hydrogen (secondary N) is 1. The molecule has 0 saturated carbocycles. The van der Waals surface area contributed by atoms with E-state index in [9.17, 15) is 37.2 Å². The molecule has 0 unspecified atom stereocenters. The van der Waals surface area contributed by atoms with Gasteiger partial charge in [-0.15, -0.1) is 0 Å². The van der Waals surface area contributed by atoms with E-state index in [2.05, 4.69) is 5.32 Å². The van der Waals surface area contributed by atoms with Crippen LogP contribution >= 0.6 is 0 Å². The summed E-state index contributed by atoms with van der Waals surface area (Å²) in [4.78, 5) is 81.5. The molecule has 0 aromatic heterocycles. The molecule has 43 heavy (non-hydrogen) atoms. The molecule has 2 N–H and O–H groups in total. The molecule has 2 atom stereocenters. The number of Topliss-reactive ketones (excluding diaryl/α,β-unsaturated/α-hetero) is 5. The fraction of sp³-hybridized carbons (Fsp3) is 0.786. The van der Waals surface area contributed by atoms with Crippen LogP contribution in [0.15, 0.2) is 0 Å². The normalized spacial score (nSPS) is 18.6. The molecule has 14 nitrogen and oxygen atoms in total. The van der Waals surface area contributed by atoms with Crippen molar-refractivity contribution < 1.29 is 41.7 Å². The third kappa shape index (κ3) is 17.5. The molecule has 0 aliphatic carbocycles. The number of ketones is 5. The third-order valence-corrected chi connectivity index (χ3v) is 7.95. The Bertz CT molecular complexity index is 1070. The number of hydrogen-bond acceptors (Lipinski definition) is 12. The van der Waals surface area contributed by atoms with Gasteiger partial charge in [0.15, 0.2) is 5.78 Å². The van der Waals surface area contributed by atoms with Crippen LogP contribution in [-0.4, -0.2) is 158 Å². The molecule has 1 rings (SSSR count). The van der Waals surface area contributed by atoms with Gasteiger partial charge in [0.1, 0.15) is 34.9 Å². The van der Waals surface area contributed by atoms with Crippen LogP contribution in [0.25, 0.3) is 0 Å². The summed E-state index contributed by atoms with van der Waals surface area (Å²) in [7, 11) is -4.52. The summed E-state index contributed by atoms with van der Waals surface area (Å²) in [5, 5.41) is 2.35. The zero-order valence-electron chi connectivity index (χ0n) is 26.2. The zero-order valence-corrected chi connectivity index (χ0v) is 27.0. The number of hydrogen-bond donors (Lipinski definition) is 2. The van der Waals surface area contributed by atoms with E-state index < -0.39 is 39.5 Å². The van der Waals surface area contributed by atoms with Gasteiger partial charge in [0.25, 0.3) is 10.1 Å². The standard InChI is InChI=1S/C28H49N5O9S/c1-6-25(28(39)29-27(24(5)37)20-43(40,41)42)15-26(38)19-33-13-11-31(17-22(3)35)9-7-30(16-21(2)34)8-10-32(12-14-33)18-23(4)36/h25,27H,6-20H2,1-5H3,(H,29,39)(H,40,41,42)/t25-,27+/m1/s1. The van der Waals surface area contributed by atoms with Crippen LogP contribution < -0.4 is 5.32 Å². The summed E-state index contributed by atoms with van der Waals surface area (Å²) in [5.41, 5.74) is 0. The highest BCUT2D eigenvalue weighted by atomic mass is 32.2. The Kier molecular flexibility index (Phi) is 17.1. The first-order chi connectivity index (χ1) is 20.0. The van der Waals surface area contributed by atoms with Gasteiger partial charge < -0.3 is 5.32 Å². The van der Waals surface area contributed by atoms with Crippen LogP contribution in [0.4, 0.5) is 0 Å². The van der Waals surface area contributed by atoms with E-state index in [1.54, 1.807) is 6.92 Å². The van der Waals surface area contributed by atoms with Crippen molar-refractivity contribution in [3.05, 3.63) is 0 Å². The van der Waals surface area contributed by atoms with Gasteiger partial charge in [0.2, 0.25) is 5.91 Å². The minimum Gasteiger partial charge on any atom is -0.345 e. The monoisotopic (exact) mass is 631 g/mol. The second-order valence-electron chi connectivity index (χ2n) is 11.5. The lowest BCUT2D eigenvalue weighted by Crippen LogP contribution is -2.49. The molecule has 1 heterocycles. The Balaban J connectivity index is 3.03. The lowest BCUT2D eigenvalue weighted by molar-refractivity contribution is -0.132. The Labute approximate surface area is 255 Å². The van der Waals surface area contributed by atoms with E-state index in [0.717, 1.165) is 6.92 Å².